The number of methoxy groups -OCH3 is 2. The highest BCUT2D eigenvalue weighted by molar-refractivity contribution is 5.40. The third kappa shape index (κ3) is 4.35. The number of hydrogen-bond donors (Lipinski definition) is 0. The third-order valence-corrected chi connectivity index (χ3v) is 4.10. The minimum atomic E-state index is -0.376. The number of hydrogen-bond acceptors (Lipinski definition) is 4. The molecule has 0 unspecified atom stereocenters. The summed E-state index contributed by atoms with van der Waals surface area (Å²) >= 11 is 0. The number of piperidine rings is 1. The first-order chi connectivity index (χ1) is 10.0. The molecular weight excluding hydrogens is 266 g/mol. The van der Waals surface area contributed by atoms with Gasteiger partial charge in [-0.1, -0.05) is 6.42 Å². The van der Waals surface area contributed by atoms with Crippen molar-refractivity contribution in [2.45, 2.75) is 38.7 Å². The van der Waals surface area contributed by atoms with E-state index < -0.39 is 0 Å². The minimum absolute atomic E-state index is 0.376. The van der Waals surface area contributed by atoms with Gasteiger partial charge in [-0.05, 0) is 44.4 Å². The van der Waals surface area contributed by atoms with Gasteiger partial charge in [-0.3, -0.25) is 4.90 Å². The fourth-order valence-corrected chi connectivity index (χ4v) is 2.58. The van der Waals surface area contributed by atoms with Gasteiger partial charge in [0, 0.05) is 19.2 Å². The van der Waals surface area contributed by atoms with Gasteiger partial charge in [0.1, 0.15) is 18.2 Å². The average Bonchev–Trinajstić information content (AvgIpc) is 2.53. The summed E-state index contributed by atoms with van der Waals surface area (Å²) in [5.41, 5.74) is 0.690. The molecule has 4 heteroatoms. The monoisotopic (exact) mass is 293 g/mol. The SMILES string of the molecule is COc1cc(OC)cc(C(C)(C)OCN2CCCCC2)c1. The van der Waals surface area contributed by atoms with Crippen LogP contribution in [0, 0.1) is 0 Å². The Labute approximate surface area is 128 Å². The number of ether oxygens (including phenoxy) is 3. The van der Waals surface area contributed by atoms with E-state index in [1.807, 2.05) is 18.2 Å². The lowest BCUT2D eigenvalue weighted by atomic mass is 9.97. The van der Waals surface area contributed by atoms with Crippen molar-refractivity contribution in [3.63, 3.8) is 0 Å². The van der Waals surface area contributed by atoms with Crippen LogP contribution < -0.4 is 9.47 Å². The molecule has 1 aromatic carbocycles. The van der Waals surface area contributed by atoms with Crippen LogP contribution in [0.1, 0.15) is 38.7 Å². The first-order valence-corrected chi connectivity index (χ1v) is 7.65. The number of rotatable bonds is 6. The van der Waals surface area contributed by atoms with Crippen molar-refractivity contribution in [2.75, 3.05) is 34.0 Å². The maximum Gasteiger partial charge on any atom is 0.122 e. The fourth-order valence-electron chi connectivity index (χ4n) is 2.58. The first-order valence-electron chi connectivity index (χ1n) is 7.65. The molecule has 0 aromatic heterocycles. The normalized spacial score (nSPS) is 16.8. The van der Waals surface area contributed by atoms with E-state index in [-0.39, 0.29) is 5.60 Å². The molecule has 0 radical (unpaired) electrons. The van der Waals surface area contributed by atoms with Gasteiger partial charge in [0.25, 0.3) is 0 Å². The second-order valence-electron chi connectivity index (χ2n) is 6.06. The molecule has 0 atom stereocenters. The Morgan fingerprint density at radius 1 is 0.952 bits per heavy atom. The van der Waals surface area contributed by atoms with E-state index in [4.69, 9.17) is 14.2 Å². The lowest BCUT2D eigenvalue weighted by Crippen LogP contribution is -2.35. The molecule has 21 heavy (non-hydrogen) atoms. The molecular formula is C17H27NO3. The van der Waals surface area contributed by atoms with Crippen molar-refractivity contribution in [1.29, 1.82) is 0 Å². The van der Waals surface area contributed by atoms with Gasteiger partial charge in [-0.25, -0.2) is 0 Å². The first kappa shape index (κ1) is 16.1. The standard InChI is InChI=1S/C17H27NO3/c1-17(2,21-13-18-8-6-5-7-9-18)14-10-15(19-3)12-16(11-14)20-4/h10-12H,5-9,13H2,1-4H3. The maximum atomic E-state index is 6.17. The summed E-state index contributed by atoms with van der Waals surface area (Å²) in [5, 5.41) is 0. The fraction of sp³-hybridized carbons (Fsp3) is 0.647. The van der Waals surface area contributed by atoms with Gasteiger partial charge < -0.3 is 14.2 Å². The molecule has 0 N–H and O–H groups in total. The molecule has 1 aliphatic heterocycles. The Morgan fingerprint density at radius 2 is 1.52 bits per heavy atom. The largest absolute Gasteiger partial charge is 0.497 e. The molecule has 1 saturated heterocycles. The summed E-state index contributed by atoms with van der Waals surface area (Å²) in [7, 11) is 3.33. The molecule has 1 fully saturated rings. The molecule has 1 heterocycles. The molecule has 1 aromatic rings. The summed E-state index contributed by atoms with van der Waals surface area (Å²) in [6.45, 7) is 7.12. The average molecular weight is 293 g/mol. The Bertz CT molecular complexity index is 431. The molecule has 0 saturated carbocycles. The van der Waals surface area contributed by atoms with Gasteiger partial charge in [-0.2, -0.15) is 0 Å². The van der Waals surface area contributed by atoms with Crippen LogP contribution in [-0.4, -0.2) is 38.9 Å². The van der Waals surface area contributed by atoms with Crippen LogP contribution in [0.2, 0.25) is 0 Å². The topological polar surface area (TPSA) is 30.9 Å². The minimum Gasteiger partial charge on any atom is -0.497 e. The van der Waals surface area contributed by atoms with Crippen LogP contribution in [0.4, 0.5) is 0 Å². The van der Waals surface area contributed by atoms with Crippen molar-refractivity contribution < 1.29 is 14.2 Å². The van der Waals surface area contributed by atoms with Crippen molar-refractivity contribution in [3.8, 4) is 11.5 Å². The highest BCUT2D eigenvalue weighted by Gasteiger charge is 2.24. The zero-order valence-corrected chi connectivity index (χ0v) is 13.6. The van der Waals surface area contributed by atoms with E-state index in [2.05, 4.69) is 18.7 Å². The molecule has 4 nitrogen and oxygen atoms in total. The van der Waals surface area contributed by atoms with E-state index in [1.165, 1.54) is 19.3 Å². The highest BCUT2D eigenvalue weighted by atomic mass is 16.5. The second kappa shape index (κ2) is 7.14. The maximum absolute atomic E-state index is 6.17. The van der Waals surface area contributed by atoms with Crippen LogP contribution in [0.15, 0.2) is 18.2 Å². The second-order valence-corrected chi connectivity index (χ2v) is 6.06. The van der Waals surface area contributed by atoms with Crippen LogP contribution >= 0.6 is 0 Å². The number of nitrogens with zero attached hydrogens (tertiary/aromatic N) is 1. The molecule has 0 spiro atoms. The van der Waals surface area contributed by atoms with E-state index in [0.29, 0.717) is 6.73 Å². The van der Waals surface area contributed by atoms with Crippen molar-refractivity contribution in [3.05, 3.63) is 23.8 Å². The summed E-state index contributed by atoms with van der Waals surface area (Å²) in [4.78, 5) is 2.38. The number of likely N-dealkylation sites (tertiary alicyclic amines) is 1. The predicted octanol–water partition coefficient (Wildman–Crippen LogP) is 3.40. The van der Waals surface area contributed by atoms with E-state index in [1.54, 1.807) is 14.2 Å². The highest BCUT2D eigenvalue weighted by Crippen LogP contribution is 2.32. The van der Waals surface area contributed by atoms with Gasteiger partial charge >= 0.3 is 0 Å². The summed E-state index contributed by atoms with van der Waals surface area (Å²) < 4.78 is 16.9. The predicted molar refractivity (Wildman–Crippen MR) is 83.9 cm³/mol. The van der Waals surface area contributed by atoms with Crippen LogP contribution in [0.5, 0.6) is 11.5 Å². The Kier molecular flexibility index (Phi) is 5.48. The van der Waals surface area contributed by atoms with E-state index >= 15 is 0 Å². The smallest absolute Gasteiger partial charge is 0.122 e. The van der Waals surface area contributed by atoms with E-state index in [9.17, 15) is 0 Å². The lowest BCUT2D eigenvalue weighted by molar-refractivity contribution is -0.0822. The van der Waals surface area contributed by atoms with Crippen molar-refractivity contribution in [2.24, 2.45) is 0 Å². The molecule has 2 rings (SSSR count). The van der Waals surface area contributed by atoms with E-state index in [0.717, 1.165) is 30.2 Å². The van der Waals surface area contributed by atoms with Gasteiger partial charge in [-0.15, -0.1) is 0 Å². The summed E-state index contributed by atoms with van der Waals surface area (Å²) in [6.07, 6.45) is 3.89. The molecule has 0 amide bonds. The molecule has 0 aliphatic carbocycles. The Balaban J connectivity index is 2.06. The summed E-state index contributed by atoms with van der Waals surface area (Å²) in [6, 6.07) is 5.90. The van der Waals surface area contributed by atoms with Crippen LogP contribution in [-0.2, 0) is 10.3 Å². The van der Waals surface area contributed by atoms with Gasteiger partial charge in [0.05, 0.1) is 19.8 Å². The Morgan fingerprint density at radius 3 is 2.05 bits per heavy atom. The van der Waals surface area contributed by atoms with Crippen LogP contribution in [0.3, 0.4) is 0 Å². The molecule has 0 bridgehead atoms. The van der Waals surface area contributed by atoms with Crippen molar-refractivity contribution in [1.82, 2.24) is 4.90 Å². The third-order valence-electron chi connectivity index (χ3n) is 4.10. The quantitative estimate of drug-likeness (QED) is 0.804. The van der Waals surface area contributed by atoms with Gasteiger partial charge in [0.2, 0.25) is 0 Å². The molecule has 1 aliphatic rings. The van der Waals surface area contributed by atoms with Crippen molar-refractivity contribution >= 4 is 0 Å². The number of benzene rings is 1. The zero-order valence-electron chi connectivity index (χ0n) is 13.6. The van der Waals surface area contributed by atoms with Crippen LogP contribution in [0.25, 0.3) is 0 Å². The molecule has 118 valence electrons. The lowest BCUT2D eigenvalue weighted by Gasteiger charge is -2.32. The zero-order chi connectivity index (χ0) is 15.3. The summed E-state index contributed by atoms with van der Waals surface area (Å²) in [5.74, 6) is 1.58. The van der Waals surface area contributed by atoms with Gasteiger partial charge in [0.15, 0.2) is 0 Å². The Hall–Kier alpha value is -1.26.